The molecule has 1 amide bonds. The lowest BCUT2D eigenvalue weighted by Crippen LogP contribution is -2.40. The average Bonchev–Trinajstić information content (AvgIpc) is 2.33. The third-order valence-electron chi connectivity index (χ3n) is 2.88. The molecule has 0 fully saturated rings. The Labute approximate surface area is 121 Å². The van der Waals surface area contributed by atoms with Crippen LogP contribution in [0.25, 0.3) is 0 Å². The highest BCUT2D eigenvalue weighted by molar-refractivity contribution is 7.92. The predicted molar refractivity (Wildman–Crippen MR) is 81.4 cm³/mol. The zero-order valence-corrected chi connectivity index (χ0v) is 13.3. The Kier molecular flexibility index (Phi) is 5.56. The number of hydrogen-bond donors (Lipinski definition) is 1. The van der Waals surface area contributed by atoms with Crippen LogP contribution in [0.1, 0.15) is 24.5 Å². The number of carbonyl (C=O) groups excluding carboxylic acids is 1. The molecular formula is C14H22N2O3S. The van der Waals surface area contributed by atoms with Gasteiger partial charge in [-0.15, -0.1) is 0 Å². The Bertz CT molecular complexity index is 582. The van der Waals surface area contributed by atoms with Gasteiger partial charge in [0.1, 0.15) is 6.54 Å². The van der Waals surface area contributed by atoms with E-state index in [1.165, 1.54) is 0 Å². The number of anilines is 1. The normalized spacial score (nSPS) is 11.2. The maximum absolute atomic E-state index is 11.9. The maximum Gasteiger partial charge on any atom is 0.240 e. The molecule has 0 saturated carbocycles. The summed E-state index contributed by atoms with van der Waals surface area (Å²) in [4.78, 5) is 11.8. The zero-order valence-electron chi connectivity index (χ0n) is 12.4. The number of carbonyl (C=O) groups is 1. The van der Waals surface area contributed by atoms with E-state index in [-0.39, 0.29) is 12.5 Å². The van der Waals surface area contributed by atoms with Crippen LogP contribution < -0.4 is 9.62 Å². The van der Waals surface area contributed by atoms with Gasteiger partial charge in [0.15, 0.2) is 0 Å². The number of nitrogens with zero attached hydrogens (tertiary/aromatic N) is 1. The summed E-state index contributed by atoms with van der Waals surface area (Å²) in [6.07, 6.45) is 1.92. The fourth-order valence-corrected chi connectivity index (χ4v) is 2.83. The monoisotopic (exact) mass is 298 g/mol. The number of sulfonamides is 1. The molecule has 0 aliphatic carbocycles. The van der Waals surface area contributed by atoms with Crippen LogP contribution in [-0.4, -0.2) is 33.7 Å². The number of hydrogen-bond acceptors (Lipinski definition) is 3. The van der Waals surface area contributed by atoms with Crippen LogP contribution >= 0.6 is 0 Å². The lowest BCUT2D eigenvalue weighted by Gasteiger charge is -2.23. The molecule has 0 unspecified atom stereocenters. The Balaban J connectivity index is 3.05. The van der Waals surface area contributed by atoms with Gasteiger partial charge >= 0.3 is 0 Å². The molecule has 0 bridgehead atoms. The van der Waals surface area contributed by atoms with Crippen LogP contribution in [0.3, 0.4) is 0 Å². The molecule has 0 saturated heterocycles. The van der Waals surface area contributed by atoms with Crippen LogP contribution in [0, 0.1) is 13.8 Å². The summed E-state index contributed by atoms with van der Waals surface area (Å²) in [7, 11) is -3.50. The van der Waals surface area contributed by atoms with Gasteiger partial charge < -0.3 is 5.32 Å². The van der Waals surface area contributed by atoms with Crippen molar-refractivity contribution >= 4 is 21.6 Å². The molecule has 1 aromatic carbocycles. The molecule has 0 atom stereocenters. The summed E-state index contributed by atoms with van der Waals surface area (Å²) in [5, 5.41) is 2.69. The number of amides is 1. The molecule has 0 aliphatic rings. The summed E-state index contributed by atoms with van der Waals surface area (Å²) in [6.45, 7) is 6.07. The second-order valence-corrected chi connectivity index (χ2v) is 6.82. The smallest absolute Gasteiger partial charge is 0.240 e. The van der Waals surface area contributed by atoms with E-state index in [2.05, 4.69) is 5.32 Å². The van der Waals surface area contributed by atoms with Gasteiger partial charge in [-0.2, -0.15) is 0 Å². The number of benzene rings is 1. The number of nitrogens with one attached hydrogen (secondary N) is 1. The highest BCUT2D eigenvalue weighted by atomic mass is 32.2. The highest BCUT2D eigenvalue weighted by Crippen LogP contribution is 2.23. The van der Waals surface area contributed by atoms with Crippen molar-refractivity contribution in [1.82, 2.24) is 5.32 Å². The Hall–Kier alpha value is -1.56. The van der Waals surface area contributed by atoms with E-state index in [4.69, 9.17) is 0 Å². The first-order valence-corrected chi connectivity index (χ1v) is 8.42. The van der Waals surface area contributed by atoms with Gasteiger partial charge in [-0.25, -0.2) is 8.42 Å². The van der Waals surface area contributed by atoms with E-state index in [9.17, 15) is 13.2 Å². The Morgan fingerprint density at radius 2 is 1.95 bits per heavy atom. The van der Waals surface area contributed by atoms with Gasteiger partial charge in [0.05, 0.1) is 11.9 Å². The second kappa shape index (κ2) is 6.74. The molecule has 0 radical (unpaired) electrons. The van der Waals surface area contributed by atoms with Crippen molar-refractivity contribution in [1.29, 1.82) is 0 Å². The van der Waals surface area contributed by atoms with Crippen molar-refractivity contribution in [2.45, 2.75) is 27.2 Å². The fourth-order valence-electron chi connectivity index (χ4n) is 1.92. The van der Waals surface area contributed by atoms with Crippen LogP contribution in [0.15, 0.2) is 18.2 Å². The van der Waals surface area contributed by atoms with Crippen LogP contribution in [0.5, 0.6) is 0 Å². The fraction of sp³-hybridized carbons (Fsp3) is 0.500. The van der Waals surface area contributed by atoms with E-state index in [0.717, 1.165) is 28.1 Å². The zero-order chi connectivity index (χ0) is 15.3. The lowest BCUT2D eigenvalue weighted by molar-refractivity contribution is -0.119. The number of aryl methyl sites for hydroxylation is 2. The molecular weight excluding hydrogens is 276 g/mol. The molecule has 6 heteroatoms. The standard InChI is InChI=1S/C14H22N2O3S/c1-5-8-15-14(17)10-16(20(4,18)19)13-7-6-11(2)9-12(13)3/h6-7,9H,5,8,10H2,1-4H3,(H,15,17). The molecule has 20 heavy (non-hydrogen) atoms. The van der Waals surface area contributed by atoms with Crippen molar-refractivity contribution in [2.24, 2.45) is 0 Å². The summed E-state index contributed by atoms with van der Waals surface area (Å²) in [6, 6.07) is 5.47. The topological polar surface area (TPSA) is 66.5 Å². The first-order chi connectivity index (χ1) is 9.25. The first-order valence-electron chi connectivity index (χ1n) is 6.57. The summed E-state index contributed by atoms with van der Waals surface area (Å²) in [5.41, 5.74) is 2.43. The molecule has 0 spiro atoms. The van der Waals surface area contributed by atoms with Gasteiger partial charge in [0.2, 0.25) is 15.9 Å². The van der Waals surface area contributed by atoms with E-state index in [1.807, 2.05) is 32.9 Å². The third kappa shape index (κ3) is 4.52. The van der Waals surface area contributed by atoms with Crippen molar-refractivity contribution in [2.75, 3.05) is 23.7 Å². The van der Waals surface area contributed by atoms with Crippen LogP contribution in [0.4, 0.5) is 5.69 Å². The summed E-state index contributed by atoms with van der Waals surface area (Å²) in [5.74, 6) is -0.294. The first kappa shape index (κ1) is 16.5. The van der Waals surface area contributed by atoms with Gasteiger partial charge in [-0.05, 0) is 31.9 Å². The minimum absolute atomic E-state index is 0.192. The number of rotatable bonds is 6. The Morgan fingerprint density at radius 1 is 1.30 bits per heavy atom. The lowest BCUT2D eigenvalue weighted by atomic mass is 10.1. The van der Waals surface area contributed by atoms with E-state index < -0.39 is 10.0 Å². The van der Waals surface area contributed by atoms with E-state index >= 15 is 0 Å². The minimum Gasteiger partial charge on any atom is -0.355 e. The molecule has 112 valence electrons. The van der Waals surface area contributed by atoms with Crippen molar-refractivity contribution < 1.29 is 13.2 Å². The minimum atomic E-state index is -3.50. The molecule has 5 nitrogen and oxygen atoms in total. The average molecular weight is 298 g/mol. The van der Waals surface area contributed by atoms with Gasteiger partial charge in [-0.3, -0.25) is 9.10 Å². The molecule has 1 rings (SSSR count). The van der Waals surface area contributed by atoms with Crippen molar-refractivity contribution in [3.8, 4) is 0 Å². The quantitative estimate of drug-likeness (QED) is 0.867. The van der Waals surface area contributed by atoms with Crippen LogP contribution in [0.2, 0.25) is 0 Å². The van der Waals surface area contributed by atoms with Gasteiger partial charge in [-0.1, -0.05) is 24.6 Å². The molecule has 0 aliphatic heterocycles. The van der Waals surface area contributed by atoms with Crippen molar-refractivity contribution in [3.05, 3.63) is 29.3 Å². The largest absolute Gasteiger partial charge is 0.355 e. The predicted octanol–water partition coefficient (Wildman–Crippen LogP) is 1.60. The van der Waals surface area contributed by atoms with Gasteiger partial charge in [0, 0.05) is 6.54 Å². The van der Waals surface area contributed by atoms with E-state index in [0.29, 0.717) is 12.2 Å². The molecule has 1 N–H and O–H groups in total. The molecule has 0 heterocycles. The SMILES string of the molecule is CCCNC(=O)CN(c1ccc(C)cc1C)S(C)(=O)=O. The van der Waals surface area contributed by atoms with Crippen LogP contribution in [-0.2, 0) is 14.8 Å². The molecule has 0 aromatic heterocycles. The second-order valence-electron chi connectivity index (χ2n) is 4.91. The maximum atomic E-state index is 11.9. The van der Waals surface area contributed by atoms with Crippen molar-refractivity contribution in [3.63, 3.8) is 0 Å². The molecule has 1 aromatic rings. The van der Waals surface area contributed by atoms with E-state index in [1.54, 1.807) is 6.07 Å². The highest BCUT2D eigenvalue weighted by Gasteiger charge is 2.21. The summed E-state index contributed by atoms with van der Waals surface area (Å²) < 4.78 is 25.0. The Morgan fingerprint density at radius 3 is 2.45 bits per heavy atom. The third-order valence-corrected chi connectivity index (χ3v) is 4.01. The van der Waals surface area contributed by atoms with Gasteiger partial charge in [0.25, 0.3) is 0 Å². The summed E-state index contributed by atoms with van der Waals surface area (Å²) >= 11 is 0.